The lowest BCUT2D eigenvalue weighted by molar-refractivity contribution is -0.339. The standard InChI is InChI=1S/C26H30N2O11/c1-2-12-13-9-18(30)28(8-7-26(36)15-5-3-4-6-16(15)27-25(26)35)22(34)14(13)11-37-23(12)39-24-21(33)20(32)19(31)17(10-29)38-24/h2-6,11-13,17,19-21,23-24,29,31-33,36H,1,7-10H2,(H,27,35)/t12-,13+,17-,19-,20+,21-,23+,24+,26+/m1/s1. The number of ether oxygens (including phenoxy) is 3. The van der Waals surface area contributed by atoms with Crippen molar-refractivity contribution in [3.63, 3.8) is 0 Å². The van der Waals surface area contributed by atoms with Crippen molar-refractivity contribution in [2.24, 2.45) is 11.8 Å². The van der Waals surface area contributed by atoms with Crippen LogP contribution in [-0.2, 0) is 34.2 Å². The van der Waals surface area contributed by atoms with Gasteiger partial charge >= 0.3 is 0 Å². The third-order valence-electron chi connectivity index (χ3n) is 7.78. The number of anilines is 1. The average molecular weight is 547 g/mol. The van der Waals surface area contributed by atoms with Gasteiger partial charge in [0, 0.05) is 42.5 Å². The van der Waals surface area contributed by atoms with E-state index in [1.807, 2.05) is 0 Å². The van der Waals surface area contributed by atoms with Crippen molar-refractivity contribution in [3.05, 3.63) is 54.3 Å². The number of carbonyl (C=O) groups is 3. The summed E-state index contributed by atoms with van der Waals surface area (Å²) >= 11 is 0. The zero-order chi connectivity index (χ0) is 28.1. The first-order valence-electron chi connectivity index (χ1n) is 12.5. The number of nitrogens with zero attached hydrogens (tertiary/aromatic N) is 1. The van der Waals surface area contributed by atoms with Crippen LogP contribution in [0.1, 0.15) is 18.4 Å². The molecule has 2 fully saturated rings. The number of benzene rings is 1. The van der Waals surface area contributed by atoms with E-state index in [0.717, 1.165) is 11.2 Å². The van der Waals surface area contributed by atoms with Crippen molar-refractivity contribution in [2.75, 3.05) is 18.5 Å². The summed E-state index contributed by atoms with van der Waals surface area (Å²) in [7, 11) is 0. The molecule has 39 heavy (non-hydrogen) atoms. The molecule has 0 spiro atoms. The minimum Gasteiger partial charge on any atom is -0.471 e. The fraction of sp³-hybridized carbons (Fsp3) is 0.500. The molecule has 13 nitrogen and oxygen atoms in total. The number of aliphatic hydroxyl groups is 5. The second kappa shape index (κ2) is 10.4. The maximum atomic E-state index is 13.3. The van der Waals surface area contributed by atoms with E-state index in [1.54, 1.807) is 24.3 Å². The molecule has 4 aliphatic rings. The summed E-state index contributed by atoms with van der Waals surface area (Å²) in [6.07, 6.45) is -6.52. The van der Waals surface area contributed by atoms with E-state index in [9.17, 15) is 39.9 Å². The third kappa shape index (κ3) is 4.55. The molecular weight excluding hydrogens is 516 g/mol. The summed E-state index contributed by atoms with van der Waals surface area (Å²) < 4.78 is 16.7. The molecule has 0 bridgehead atoms. The van der Waals surface area contributed by atoms with E-state index in [4.69, 9.17) is 14.2 Å². The summed E-state index contributed by atoms with van der Waals surface area (Å²) in [6.45, 7) is 2.90. The number of amides is 3. The number of hydrogen-bond donors (Lipinski definition) is 6. The van der Waals surface area contributed by atoms with E-state index >= 15 is 0 Å². The number of carbonyl (C=O) groups excluding carboxylic acids is 3. The highest BCUT2D eigenvalue weighted by molar-refractivity contribution is 6.08. The number of fused-ring (bicyclic) bond motifs is 2. The van der Waals surface area contributed by atoms with Gasteiger partial charge < -0.3 is 45.1 Å². The van der Waals surface area contributed by atoms with Crippen LogP contribution in [0.2, 0.25) is 0 Å². The first-order chi connectivity index (χ1) is 18.6. The van der Waals surface area contributed by atoms with Crippen molar-refractivity contribution in [3.8, 4) is 0 Å². The summed E-state index contributed by atoms with van der Waals surface area (Å²) in [5.74, 6) is -3.26. The Labute approximate surface area is 222 Å². The Morgan fingerprint density at radius 1 is 1.13 bits per heavy atom. The minimum absolute atomic E-state index is 0.132. The fourth-order valence-electron chi connectivity index (χ4n) is 5.50. The van der Waals surface area contributed by atoms with Crippen LogP contribution < -0.4 is 5.32 Å². The first-order valence-corrected chi connectivity index (χ1v) is 12.5. The van der Waals surface area contributed by atoms with Crippen LogP contribution in [0.3, 0.4) is 0 Å². The molecule has 5 rings (SSSR count). The van der Waals surface area contributed by atoms with E-state index in [0.29, 0.717) is 11.3 Å². The molecule has 0 saturated carbocycles. The number of para-hydroxylation sites is 1. The minimum atomic E-state index is -1.90. The molecule has 0 aliphatic carbocycles. The van der Waals surface area contributed by atoms with Gasteiger partial charge in [0.15, 0.2) is 11.9 Å². The maximum Gasteiger partial charge on any atom is 0.261 e. The molecule has 9 atom stereocenters. The van der Waals surface area contributed by atoms with Crippen LogP contribution in [0, 0.1) is 11.8 Å². The zero-order valence-electron chi connectivity index (χ0n) is 20.8. The Hall–Kier alpha value is -3.17. The molecule has 3 amide bonds. The Bertz CT molecular complexity index is 1200. The predicted molar refractivity (Wildman–Crippen MR) is 130 cm³/mol. The van der Waals surface area contributed by atoms with Gasteiger partial charge in [-0.05, 0) is 6.07 Å². The molecular formula is C26H30N2O11. The SMILES string of the molecule is C=C[C@H]1[C@H](O[C@@H]2O[C@H](CO)[C@@H](O)[C@H](O)[C@H]2O)OC=C2C(=O)N(CC[C@@]3(O)C(=O)Nc4ccccc43)C(=O)C[C@H]21. The number of rotatable bonds is 7. The number of nitrogens with one attached hydrogen (secondary N) is 1. The Morgan fingerprint density at radius 3 is 2.59 bits per heavy atom. The largest absolute Gasteiger partial charge is 0.471 e. The topological polar surface area (TPSA) is 195 Å². The van der Waals surface area contributed by atoms with Gasteiger partial charge in [-0.1, -0.05) is 24.3 Å². The first kappa shape index (κ1) is 27.4. The lowest BCUT2D eigenvalue weighted by Crippen LogP contribution is -2.60. The monoisotopic (exact) mass is 546 g/mol. The molecule has 210 valence electrons. The lowest BCUT2D eigenvalue weighted by atomic mass is 9.78. The average Bonchev–Trinajstić information content (AvgIpc) is 3.18. The Balaban J connectivity index is 1.30. The van der Waals surface area contributed by atoms with Gasteiger partial charge in [0.05, 0.1) is 18.4 Å². The second-order valence-electron chi connectivity index (χ2n) is 10.00. The molecule has 6 N–H and O–H groups in total. The highest BCUT2D eigenvalue weighted by Gasteiger charge is 2.51. The van der Waals surface area contributed by atoms with Crippen LogP contribution in [0.25, 0.3) is 0 Å². The molecule has 0 unspecified atom stereocenters. The van der Waals surface area contributed by atoms with Gasteiger partial charge in [0.2, 0.25) is 12.2 Å². The van der Waals surface area contributed by atoms with E-state index in [-0.39, 0.29) is 25.0 Å². The molecule has 1 aromatic rings. The number of likely N-dealkylation sites (tertiary alicyclic amines) is 1. The van der Waals surface area contributed by atoms with Crippen molar-refractivity contribution in [1.29, 1.82) is 0 Å². The van der Waals surface area contributed by atoms with Crippen LogP contribution in [0.4, 0.5) is 5.69 Å². The third-order valence-corrected chi connectivity index (χ3v) is 7.78. The number of imide groups is 1. The summed E-state index contributed by atoms with van der Waals surface area (Å²) in [6, 6.07) is 6.64. The second-order valence-corrected chi connectivity index (χ2v) is 10.00. The molecule has 0 radical (unpaired) electrons. The zero-order valence-corrected chi connectivity index (χ0v) is 20.8. The van der Waals surface area contributed by atoms with Crippen LogP contribution in [-0.4, -0.2) is 98.3 Å². The number of aliphatic hydroxyl groups excluding tert-OH is 4. The lowest BCUT2D eigenvalue weighted by Gasteiger charge is -2.44. The van der Waals surface area contributed by atoms with Crippen molar-refractivity contribution in [1.82, 2.24) is 4.90 Å². The van der Waals surface area contributed by atoms with Gasteiger partial charge in [0.1, 0.15) is 24.4 Å². The quantitative estimate of drug-likeness (QED) is 0.171. The summed E-state index contributed by atoms with van der Waals surface area (Å²) in [5, 5.41) is 53.5. The highest BCUT2D eigenvalue weighted by Crippen LogP contribution is 2.42. The predicted octanol–water partition coefficient (Wildman–Crippen LogP) is -1.55. The summed E-state index contributed by atoms with van der Waals surface area (Å²) in [4.78, 5) is 39.9. The normalized spacial score (nSPS) is 37.9. The van der Waals surface area contributed by atoms with Crippen molar-refractivity contribution in [2.45, 2.75) is 55.4 Å². The van der Waals surface area contributed by atoms with Gasteiger partial charge in [-0.3, -0.25) is 19.3 Å². The van der Waals surface area contributed by atoms with Crippen molar-refractivity contribution >= 4 is 23.4 Å². The molecule has 1 aromatic carbocycles. The smallest absolute Gasteiger partial charge is 0.261 e. The molecule has 0 aromatic heterocycles. The number of hydrogen-bond acceptors (Lipinski definition) is 11. The molecule has 2 saturated heterocycles. The fourth-order valence-corrected chi connectivity index (χ4v) is 5.50. The van der Waals surface area contributed by atoms with E-state index in [2.05, 4.69) is 11.9 Å². The Morgan fingerprint density at radius 2 is 1.87 bits per heavy atom. The van der Waals surface area contributed by atoms with Gasteiger partial charge in [-0.25, -0.2) is 0 Å². The van der Waals surface area contributed by atoms with E-state index in [1.165, 1.54) is 6.08 Å². The molecule has 13 heteroatoms. The van der Waals surface area contributed by atoms with Gasteiger partial charge in [-0.15, -0.1) is 6.58 Å². The molecule has 4 aliphatic heterocycles. The van der Waals surface area contributed by atoms with Crippen molar-refractivity contribution < 1.29 is 54.1 Å². The Kier molecular flexibility index (Phi) is 7.33. The summed E-state index contributed by atoms with van der Waals surface area (Å²) in [5.41, 5.74) is -0.912. The highest BCUT2D eigenvalue weighted by atomic mass is 16.8. The van der Waals surface area contributed by atoms with Crippen LogP contribution in [0.15, 0.2) is 48.8 Å². The molecule has 4 heterocycles. The van der Waals surface area contributed by atoms with Crippen LogP contribution >= 0.6 is 0 Å². The van der Waals surface area contributed by atoms with Gasteiger partial charge in [-0.2, -0.15) is 0 Å². The van der Waals surface area contributed by atoms with Gasteiger partial charge in [0.25, 0.3) is 11.8 Å². The van der Waals surface area contributed by atoms with Crippen LogP contribution in [0.5, 0.6) is 0 Å². The number of piperidine rings is 1. The van der Waals surface area contributed by atoms with E-state index < -0.39 is 78.8 Å². The maximum absolute atomic E-state index is 13.3.